The van der Waals surface area contributed by atoms with E-state index in [0.717, 1.165) is 0 Å². The molecule has 1 fully saturated rings. The van der Waals surface area contributed by atoms with Crippen LogP contribution in [-0.4, -0.2) is 49.5 Å². The van der Waals surface area contributed by atoms with Crippen molar-refractivity contribution in [1.82, 2.24) is 19.2 Å². The van der Waals surface area contributed by atoms with Crippen molar-refractivity contribution in [2.24, 2.45) is 0 Å². The van der Waals surface area contributed by atoms with Gasteiger partial charge in [-0.3, -0.25) is 4.79 Å². The van der Waals surface area contributed by atoms with Crippen LogP contribution in [0.15, 0.2) is 55.0 Å². The summed E-state index contributed by atoms with van der Waals surface area (Å²) < 4.78 is 17.3. The van der Waals surface area contributed by atoms with Crippen LogP contribution in [0.1, 0.15) is 10.4 Å². The molecule has 1 saturated heterocycles. The Morgan fingerprint density at radius 3 is 2.54 bits per heavy atom. The minimum absolute atomic E-state index is 0.230. The van der Waals surface area contributed by atoms with Gasteiger partial charge in [-0.1, -0.05) is 12.1 Å². The number of likely N-dealkylation sites (tertiary alicyclic amines) is 1. The van der Waals surface area contributed by atoms with Gasteiger partial charge in [-0.25, -0.2) is 9.07 Å². The van der Waals surface area contributed by atoms with Gasteiger partial charge >= 0.3 is 0 Å². The SMILES string of the molecule is O=C(c1cnn(-c2ccccc2F)c1-n1cccc1)N1CC(O)C1. The molecule has 0 bridgehead atoms. The van der Waals surface area contributed by atoms with E-state index in [2.05, 4.69) is 5.10 Å². The minimum atomic E-state index is -0.481. The Labute approximate surface area is 137 Å². The number of benzene rings is 1. The third kappa shape index (κ3) is 2.30. The van der Waals surface area contributed by atoms with Crippen LogP contribution in [-0.2, 0) is 0 Å². The van der Waals surface area contributed by atoms with Crippen LogP contribution in [0.3, 0.4) is 0 Å². The Balaban J connectivity index is 1.84. The number of hydrogen-bond donors (Lipinski definition) is 1. The number of hydrogen-bond acceptors (Lipinski definition) is 3. The van der Waals surface area contributed by atoms with Gasteiger partial charge in [0.1, 0.15) is 17.1 Å². The lowest BCUT2D eigenvalue weighted by Gasteiger charge is -2.35. The topological polar surface area (TPSA) is 63.3 Å². The number of aromatic nitrogens is 3. The molecule has 122 valence electrons. The van der Waals surface area contributed by atoms with Crippen LogP contribution in [0, 0.1) is 5.82 Å². The van der Waals surface area contributed by atoms with Crippen molar-refractivity contribution >= 4 is 5.91 Å². The molecule has 24 heavy (non-hydrogen) atoms. The van der Waals surface area contributed by atoms with Crippen LogP contribution in [0.5, 0.6) is 0 Å². The number of carbonyl (C=O) groups excluding carboxylic acids is 1. The molecule has 0 radical (unpaired) electrons. The maximum Gasteiger partial charge on any atom is 0.259 e. The normalized spacial score (nSPS) is 14.7. The molecule has 0 aliphatic carbocycles. The summed E-state index contributed by atoms with van der Waals surface area (Å²) in [6.07, 6.45) is 4.51. The third-order valence-electron chi connectivity index (χ3n) is 4.05. The molecule has 3 aromatic rings. The summed E-state index contributed by atoms with van der Waals surface area (Å²) in [6.45, 7) is 0.601. The van der Waals surface area contributed by atoms with Gasteiger partial charge in [-0.15, -0.1) is 0 Å². The highest BCUT2D eigenvalue weighted by Gasteiger charge is 2.32. The minimum Gasteiger partial charge on any atom is -0.389 e. The molecule has 0 saturated carbocycles. The Kier molecular flexibility index (Phi) is 3.42. The molecule has 0 atom stereocenters. The molecule has 1 amide bonds. The Morgan fingerprint density at radius 1 is 1.17 bits per heavy atom. The average Bonchev–Trinajstić information content (AvgIpc) is 3.20. The lowest BCUT2D eigenvalue weighted by molar-refractivity contribution is 0.00589. The summed E-state index contributed by atoms with van der Waals surface area (Å²) >= 11 is 0. The fraction of sp³-hybridized carbons (Fsp3) is 0.176. The maximum absolute atomic E-state index is 14.2. The van der Waals surface area contributed by atoms with Gasteiger partial charge in [-0.05, 0) is 24.3 Å². The summed E-state index contributed by atoms with van der Waals surface area (Å²) in [5.74, 6) is -0.185. The smallest absolute Gasteiger partial charge is 0.259 e. The summed E-state index contributed by atoms with van der Waals surface area (Å²) in [7, 11) is 0. The summed E-state index contributed by atoms with van der Waals surface area (Å²) in [6, 6.07) is 9.92. The van der Waals surface area contributed by atoms with Crippen LogP contribution < -0.4 is 0 Å². The first-order valence-corrected chi connectivity index (χ1v) is 7.59. The summed E-state index contributed by atoms with van der Waals surface area (Å²) in [5, 5.41) is 13.6. The second-order valence-corrected chi connectivity index (χ2v) is 5.70. The summed E-state index contributed by atoms with van der Waals surface area (Å²) in [4.78, 5) is 14.2. The molecule has 1 aliphatic rings. The van der Waals surface area contributed by atoms with Gasteiger partial charge in [-0.2, -0.15) is 5.10 Å². The van der Waals surface area contributed by atoms with Crippen molar-refractivity contribution in [2.45, 2.75) is 6.10 Å². The average molecular weight is 326 g/mol. The first kappa shape index (κ1) is 14.6. The van der Waals surface area contributed by atoms with E-state index in [-0.39, 0.29) is 11.6 Å². The molecule has 4 rings (SSSR count). The van der Waals surface area contributed by atoms with E-state index in [1.54, 1.807) is 40.1 Å². The lowest BCUT2D eigenvalue weighted by atomic mass is 10.1. The Bertz CT molecular complexity index is 882. The van der Waals surface area contributed by atoms with Crippen molar-refractivity contribution in [1.29, 1.82) is 0 Å². The number of carbonyl (C=O) groups is 1. The molecule has 1 N–H and O–H groups in total. The maximum atomic E-state index is 14.2. The molecule has 0 spiro atoms. The second-order valence-electron chi connectivity index (χ2n) is 5.70. The van der Waals surface area contributed by atoms with E-state index in [0.29, 0.717) is 24.5 Å². The van der Waals surface area contributed by atoms with Gasteiger partial charge in [0, 0.05) is 25.5 Å². The van der Waals surface area contributed by atoms with Crippen molar-refractivity contribution in [2.75, 3.05) is 13.1 Å². The number of aliphatic hydroxyl groups is 1. The molecule has 1 aromatic carbocycles. The predicted molar refractivity (Wildman–Crippen MR) is 84.8 cm³/mol. The monoisotopic (exact) mass is 326 g/mol. The first-order valence-electron chi connectivity index (χ1n) is 7.59. The number of β-amino-alcohol motifs (C(OH)–C–C–N with tert-alkyl or cyclic N) is 1. The van der Waals surface area contributed by atoms with Gasteiger partial charge < -0.3 is 14.6 Å². The standard InChI is InChI=1S/C17H15FN4O2/c18-14-5-1-2-6-15(14)22-16(20-7-3-4-8-20)13(9-19-22)17(24)21-10-12(23)11-21/h1-9,12,23H,10-11H2. The highest BCUT2D eigenvalue weighted by molar-refractivity contribution is 5.97. The van der Waals surface area contributed by atoms with E-state index in [4.69, 9.17) is 0 Å². The van der Waals surface area contributed by atoms with E-state index in [9.17, 15) is 14.3 Å². The number of nitrogens with zero attached hydrogens (tertiary/aromatic N) is 4. The molecule has 2 aromatic heterocycles. The fourth-order valence-corrected chi connectivity index (χ4v) is 2.81. The number of rotatable bonds is 3. The number of aliphatic hydroxyl groups excluding tert-OH is 1. The number of amides is 1. The summed E-state index contributed by atoms with van der Waals surface area (Å²) in [5.41, 5.74) is 0.630. The zero-order valence-corrected chi connectivity index (χ0v) is 12.7. The van der Waals surface area contributed by atoms with Crippen molar-refractivity contribution in [3.05, 3.63) is 66.4 Å². The van der Waals surface area contributed by atoms with E-state index in [1.165, 1.54) is 16.9 Å². The molecular formula is C17H15FN4O2. The molecular weight excluding hydrogens is 311 g/mol. The molecule has 1 aliphatic heterocycles. The number of halogens is 1. The lowest BCUT2D eigenvalue weighted by Crippen LogP contribution is -2.53. The zero-order chi connectivity index (χ0) is 16.7. The fourth-order valence-electron chi connectivity index (χ4n) is 2.81. The highest BCUT2D eigenvalue weighted by atomic mass is 19.1. The zero-order valence-electron chi connectivity index (χ0n) is 12.7. The van der Waals surface area contributed by atoms with E-state index < -0.39 is 11.9 Å². The van der Waals surface area contributed by atoms with Crippen molar-refractivity contribution < 1.29 is 14.3 Å². The third-order valence-corrected chi connectivity index (χ3v) is 4.05. The Hall–Kier alpha value is -2.93. The van der Waals surface area contributed by atoms with Crippen LogP contribution >= 0.6 is 0 Å². The van der Waals surface area contributed by atoms with Gasteiger partial charge in [0.2, 0.25) is 0 Å². The van der Waals surface area contributed by atoms with Gasteiger partial charge in [0.15, 0.2) is 5.82 Å². The van der Waals surface area contributed by atoms with Crippen molar-refractivity contribution in [3.63, 3.8) is 0 Å². The highest BCUT2D eigenvalue weighted by Crippen LogP contribution is 2.24. The molecule has 6 nitrogen and oxygen atoms in total. The van der Waals surface area contributed by atoms with Gasteiger partial charge in [0.25, 0.3) is 5.91 Å². The first-order chi connectivity index (χ1) is 11.6. The van der Waals surface area contributed by atoms with Crippen LogP contribution in [0.25, 0.3) is 11.5 Å². The predicted octanol–water partition coefficient (Wildman–Crippen LogP) is 1.62. The van der Waals surface area contributed by atoms with E-state index in [1.807, 2.05) is 12.1 Å². The molecule has 0 unspecified atom stereocenters. The van der Waals surface area contributed by atoms with Gasteiger partial charge in [0.05, 0.1) is 12.3 Å². The number of para-hydroxylation sites is 1. The molecule has 7 heteroatoms. The molecule has 3 heterocycles. The Morgan fingerprint density at radius 2 is 1.88 bits per heavy atom. The quantitative estimate of drug-likeness (QED) is 0.795. The van der Waals surface area contributed by atoms with Crippen LogP contribution in [0.4, 0.5) is 4.39 Å². The largest absolute Gasteiger partial charge is 0.389 e. The second kappa shape index (κ2) is 5.61. The van der Waals surface area contributed by atoms with E-state index >= 15 is 0 Å². The van der Waals surface area contributed by atoms with Crippen molar-refractivity contribution in [3.8, 4) is 11.5 Å². The van der Waals surface area contributed by atoms with Crippen LogP contribution in [0.2, 0.25) is 0 Å².